The summed E-state index contributed by atoms with van der Waals surface area (Å²) in [6.07, 6.45) is 4.02. The summed E-state index contributed by atoms with van der Waals surface area (Å²) in [6, 6.07) is -1.16. The maximum Gasteiger partial charge on any atom is 0.408 e. The number of nitrogens with one attached hydrogen (secondary N) is 1. The third-order valence-electron chi connectivity index (χ3n) is 6.34. The smallest absolute Gasteiger partial charge is 0.408 e. The number of amides is 2. The fourth-order valence-electron chi connectivity index (χ4n) is 4.89. The highest BCUT2D eigenvalue weighted by Gasteiger charge is 2.62. The topological polar surface area (TPSA) is 86.3 Å². The number of hydrogen-bond acceptors (Lipinski definition) is 6. The van der Waals surface area contributed by atoms with Gasteiger partial charge >= 0.3 is 6.09 Å². The molecule has 9 heteroatoms. The number of rotatable bonds is 5. The fourth-order valence-corrected chi connectivity index (χ4v) is 5.25. The lowest BCUT2D eigenvalue weighted by Gasteiger charge is -2.39. The highest BCUT2D eigenvalue weighted by molar-refractivity contribution is 6.21. The van der Waals surface area contributed by atoms with Gasteiger partial charge in [-0.25, -0.2) is 4.79 Å². The van der Waals surface area contributed by atoms with Crippen molar-refractivity contribution in [3.63, 3.8) is 0 Å². The van der Waals surface area contributed by atoms with E-state index in [0.717, 1.165) is 32.1 Å². The number of fused-ring (bicyclic) bond motifs is 1. The third-order valence-corrected chi connectivity index (χ3v) is 6.72. The van der Waals surface area contributed by atoms with Gasteiger partial charge in [0.05, 0.1) is 5.38 Å². The summed E-state index contributed by atoms with van der Waals surface area (Å²) in [5.74, 6) is -1.21. The van der Waals surface area contributed by atoms with Crippen LogP contribution in [-0.2, 0) is 23.7 Å². The van der Waals surface area contributed by atoms with E-state index in [1.54, 1.807) is 25.7 Å². The lowest BCUT2D eigenvalue weighted by molar-refractivity contribution is -0.227. The molecular formula is C21H35ClN2O6. The van der Waals surface area contributed by atoms with Crippen LogP contribution in [0.5, 0.6) is 0 Å². The zero-order valence-corrected chi connectivity index (χ0v) is 19.4. The van der Waals surface area contributed by atoms with Crippen molar-refractivity contribution in [2.24, 2.45) is 5.92 Å². The van der Waals surface area contributed by atoms with Gasteiger partial charge < -0.3 is 29.2 Å². The number of ether oxygens (including phenoxy) is 4. The van der Waals surface area contributed by atoms with Gasteiger partial charge in [0.1, 0.15) is 30.4 Å². The van der Waals surface area contributed by atoms with E-state index in [1.807, 2.05) is 0 Å². The molecule has 0 aromatic heterocycles. The van der Waals surface area contributed by atoms with Crippen molar-refractivity contribution >= 4 is 23.6 Å². The molecule has 2 aliphatic heterocycles. The van der Waals surface area contributed by atoms with Gasteiger partial charge in [0.25, 0.3) is 0 Å². The molecule has 0 bridgehead atoms. The summed E-state index contributed by atoms with van der Waals surface area (Å²) in [7, 11) is 3.08. The van der Waals surface area contributed by atoms with Gasteiger partial charge in [0, 0.05) is 20.8 Å². The van der Waals surface area contributed by atoms with Crippen molar-refractivity contribution in [2.45, 2.75) is 87.8 Å². The van der Waals surface area contributed by atoms with Crippen molar-refractivity contribution in [2.75, 3.05) is 27.4 Å². The molecule has 1 aliphatic carbocycles. The summed E-state index contributed by atoms with van der Waals surface area (Å²) in [4.78, 5) is 28.0. The molecule has 0 radical (unpaired) electrons. The summed E-state index contributed by atoms with van der Waals surface area (Å²) in [5.41, 5.74) is -0.648. The Hall–Kier alpha value is -1.09. The van der Waals surface area contributed by atoms with Crippen molar-refractivity contribution in [3.05, 3.63) is 0 Å². The zero-order valence-electron chi connectivity index (χ0n) is 18.6. The van der Waals surface area contributed by atoms with Crippen LogP contribution in [0.4, 0.5) is 4.79 Å². The summed E-state index contributed by atoms with van der Waals surface area (Å²) in [6.45, 7) is 5.90. The monoisotopic (exact) mass is 446 g/mol. The highest BCUT2D eigenvalue weighted by atomic mass is 35.5. The molecule has 1 saturated carbocycles. The predicted octanol–water partition coefficient (Wildman–Crippen LogP) is 2.67. The number of halogens is 1. The first-order valence-corrected chi connectivity index (χ1v) is 11.2. The number of methoxy groups -OCH3 is 2. The van der Waals surface area contributed by atoms with Gasteiger partial charge in [-0.05, 0) is 39.5 Å². The van der Waals surface area contributed by atoms with E-state index in [4.69, 9.17) is 30.5 Å². The standard InChI is InChI=1S/C21H35ClN2O6/c1-20(2,3)30-19(26)23-15(13-9-7-6-8-10-13)18(25)24-11-14(22)16-17(24)21(27-4,28-5)12-29-16/h13-17H,6-12H2,1-5H3,(H,23,26)/t14-,15+,16?,17?/m1/s1. The van der Waals surface area contributed by atoms with E-state index < -0.39 is 29.6 Å². The second-order valence-electron chi connectivity index (χ2n) is 9.47. The quantitative estimate of drug-likeness (QED) is 0.516. The Balaban J connectivity index is 1.85. The number of likely N-dealkylation sites (tertiary alicyclic amines) is 1. The Labute approximate surface area is 183 Å². The Bertz CT molecular complexity index is 629. The molecule has 2 unspecified atom stereocenters. The van der Waals surface area contributed by atoms with E-state index in [0.29, 0.717) is 6.54 Å². The SMILES string of the molecule is COC1(OC)COC2C1N(C(=O)[C@@H](NC(=O)OC(C)(C)C)C1CCCCC1)C[C@H]2Cl. The molecule has 0 aromatic rings. The zero-order chi connectivity index (χ0) is 22.1. The minimum atomic E-state index is -1.08. The molecule has 4 atom stereocenters. The molecule has 8 nitrogen and oxygen atoms in total. The summed E-state index contributed by atoms with van der Waals surface area (Å²) in [5, 5.41) is 2.48. The van der Waals surface area contributed by atoms with Crippen molar-refractivity contribution in [1.29, 1.82) is 0 Å². The number of carbonyl (C=O) groups is 2. The minimum absolute atomic E-state index is 0.0494. The van der Waals surface area contributed by atoms with E-state index in [1.165, 1.54) is 14.2 Å². The second-order valence-corrected chi connectivity index (χ2v) is 10.0. The predicted molar refractivity (Wildman–Crippen MR) is 111 cm³/mol. The molecule has 3 aliphatic rings. The van der Waals surface area contributed by atoms with Crippen LogP contribution in [0.3, 0.4) is 0 Å². The van der Waals surface area contributed by atoms with Crippen LogP contribution in [0.1, 0.15) is 52.9 Å². The maximum absolute atomic E-state index is 13.8. The van der Waals surface area contributed by atoms with Crippen LogP contribution >= 0.6 is 11.6 Å². The minimum Gasteiger partial charge on any atom is -0.444 e. The van der Waals surface area contributed by atoms with E-state index in [-0.39, 0.29) is 29.9 Å². The van der Waals surface area contributed by atoms with Crippen molar-refractivity contribution in [3.8, 4) is 0 Å². The largest absolute Gasteiger partial charge is 0.444 e. The summed E-state index contributed by atoms with van der Waals surface area (Å²) < 4.78 is 22.6. The third kappa shape index (κ3) is 4.71. The first kappa shape index (κ1) is 23.6. The first-order valence-electron chi connectivity index (χ1n) is 10.8. The van der Waals surface area contributed by atoms with Gasteiger partial charge in [-0.1, -0.05) is 19.3 Å². The lowest BCUT2D eigenvalue weighted by Crippen LogP contribution is -2.60. The maximum atomic E-state index is 13.8. The van der Waals surface area contributed by atoms with Crippen LogP contribution in [-0.4, -0.2) is 79.2 Å². The second kappa shape index (κ2) is 9.18. The van der Waals surface area contributed by atoms with Gasteiger partial charge in [0.2, 0.25) is 11.7 Å². The average Bonchev–Trinajstić information content (AvgIpc) is 3.24. The molecule has 0 spiro atoms. The van der Waals surface area contributed by atoms with Gasteiger partial charge in [0.15, 0.2) is 0 Å². The van der Waals surface area contributed by atoms with Gasteiger partial charge in [-0.15, -0.1) is 11.6 Å². The van der Waals surface area contributed by atoms with E-state index >= 15 is 0 Å². The number of alkyl halides is 1. The highest BCUT2D eigenvalue weighted by Crippen LogP contribution is 2.41. The Kier molecular flexibility index (Phi) is 7.22. The van der Waals surface area contributed by atoms with Crippen LogP contribution < -0.4 is 5.32 Å². The van der Waals surface area contributed by atoms with Crippen LogP contribution in [0.15, 0.2) is 0 Å². The van der Waals surface area contributed by atoms with Crippen molar-refractivity contribution in [1.82, 2.24) is 10.2 Å². The molecule has 2 amide bonds. The fraction of sp³-hybridized carbons (Fsp3) is 0.905. The Morgan fingerprint density at radius 3 is 2.37 bits per heavy atom. The number of hydrogen-bond donors (Lipinski definition) is 1. The molecule has 172 valence electrons. The molecule has 0 aromatic carbocycles. The molecule has 3 rings (SSSR count). The molecule has 2 heterocycles. The van der Waals surface area contributed by atoms with Crippen LogP contribution in [0, 0.1) is 5.92 Å². The van der Waals surface area contributed by atoms with Gasteiger partial charge in [-0.3, -0.25) is 4.79 Å². The Morgan fingerprint density at radius 2 is 1.80 bits per heavy atom. The first-order chi connectivity index (χ1) is 14.1. The van der Waals surface area contributed by atoms with Gasteiger partial charge in [-0.2, -0.15) is 0 Å². The van der Waals surface area contributed by atoms with Crippen LogP contribution in [0.25, 0.3) is 0 Å². The van der Waals surface area contributed by atoms with E-state index in [2.05, 4.69) is 5.32 Å². The van der Waals surface area contributed by atoms with Crippen molar-refractivity contribution < 1.29 is 28.5 Å². The normalized spacial score (nSPS) is 30.1. The number of carbonyl (C=O) groups excluding carboxylic acids is 2. The van der Waals surface area contributed by atoms with E-state index in [9.17, 15) is 9.59 Å². The number of alkyl carbamates (subject to hydrolysis) is 1. The Morgan fingerprint density at radius 1 is 1.17 bits per heavy atom. The molecule has 3 fully saturated rings. The molecular weight excluding hydrogens is 412 g/mol. The molecule has 1 N–H and O–H groups in total. The molecule has 2 saturated heterocycles. The summed E-state index contributed by atoms with van der Waals surface area (Å²) >= 11 is 6.53. The average molecular weight is 447 g/mol. The molecule has 30 heavy (non-hydrogen) atoms. The number of nitrogens with zero attached hydrogens (tertiary/aromatic N) is 1. The lowest BCUT2D eigenvalue weighted by atomic mass is 9.83. The van der Waals surface area contributed by atoms with Crippen LogP contribution in [0.2, 0.25) is 0 Å².